The average Bonchev–Trinajstić information content (AvgIpc) is 2.64. The van der Waals surface area contributed by atoms with Gasteiger partial charge in [-0.2, -0.15) is 5.26 Å². The summed E-state index contributed by atoms with van der Waals surface area (Å²) in [5.41, 5.74) is 9.53. The van der Waals surface area contributed by atoms with Crippen LogP contribution in [0.5, 0.6) is 0 Å². The van der Waals surface area contributed by atoms with Crippen molar-refractivity contribution < 1.29 is 4.79 Å². The number of nitriles is 1. The third kappa shape index (κ3) is 6.43. The molecule has 0 aliphatic rings. The van der Waals surface area contributed by atoms with Crippen LogP contribution in [0.15, 0.2) is 52.8 Å². The Morgan fingerprint density at radius 2 is 2.08 bits per heavy atom. The van der Waals surface area contributed by atoms with E-state index in [-0.39, 0.29) is 28.4 Å². The smallest absolute Gasteiger partial charge is 0.269 e. The number of aliphatic imine (C=N–C) groups is 1. The van der Waals surface area contributed by atoms with Crippen LogP contribution < -0.4 is 11.2 Å². The van der Waals surface area contributed by atoms with Crippen LogP contribution >= 0.6 is 23.2 Å². The summed E-state index contributed by atoms with van der Waals surface area (Å²) in [6, 6.07) is 8.71. The molecule has 1 aromatic rings. The summed E-state index contributed by atoms with van der Waals surface area (Å²) in [4.78, 5) is 16.7. The maximum absolute atomic E-state index is 12.6. The highest BCUT2D eigenvalue weighted by Crippen LogP contribution is 2.13. The molecule has 3 N–H and O–H groups in total. The number of nitrogens with one attached hydrogen (secondary N) is 1. The van der Waals surface area contributed by atoms with Gasteiger partial charge in [0.15, 0.2) is 5.84 Å². The van der Waals surface area contributed by atoms with Crippen molar-refractivity contribution in [2.45, 2.75) is 19.7 Å². The molecular weight excluding hydrogens is 373 g/mol. The van der Waals surface area contributed by atoms with Crippen molar-refractivity contribution >= 4 is 34.9 Å². The fraction of sp³-hybridized carbons (Fsp3) is 0.278. The lowest BCUT2D eigenvalue weighted by molar-refractivity contribution is 0.0862. The molecule has 6 nitrogen and oxygen atoms in total. The molecule has 1 aromatic carbocycles. The van der Waals surface area contributed by atoms with Crippen LogP contribution in [0.25, 0.3) is 0 Å². The molecule has 0 radical (unpaired) electrons. The number of rotatable bonds is 6. The van der Waals surface area contributed by atoms with Gasteiger partial charge in [-0.3, -0.25) is 15.2 Å². The first-order valence-electron chi connectivity index (χ1n) is 7.81. The molecule has 0 aliphatic carbocycles. The predicted octanol–water partition coefficient (Wildman–Crippen LogP) is 3.50. The van der Waals surface area contributed by atoms with Crippen LogP contribution in [-0.4, -0.2) is 23.3 Å². The van der Waals surface area contributed by atoms with Crippen LogP contribution in [0.1, 0.15) is 29.8 Å². The molecule has 1 rings (SSSR count). The molecule has 0 saturated heterocycles. The van der Waals surface area contributed by atoms with Crippen LogP contribution in [0.4, 0.5) is 0 Å². The van der Waals surface area contributed by atoms with Gasteiger partial charge >= 0.3 is 0 Å². The van der Waals surface area contributed by atoms with Crippen molar-refractivity contribution in [2.24, 2.45) is 16.6 Å². The SMILES string of the molecule is C=C(C#N)N=C(/C(Cl)=C\N)N(CC(C)C)NC(=O)c1ccc(CCl)cc1. The van der Waals surface area contributed by atoms with E-state index in [0.29, 0.717) is 18.0 Å². The standard InChI is InChI=1S/C18H21Cl2N5O/c1-12(2)11-25(17(16(20)10-22)23-13(3)9-21)24-18(26)15-6-4-14(8-19)5-7-15/h4-7,10,12H,3,8,11,22H2,1-2H3,(H,24,26)/b16-10+,23-17?. The van der Waals surface area contributed by atoms with Crippen molar-refractivity contribution in [1.29, 1.82) is 5.26 Å². The first-order valence-corrected chi connectivity index (χ1v) is 8.72. The fourth-order valence-corrected chi connectivity index (χ4v) is 2.28. The van der Waals surface area contributed by atoms with Crippen LogP contribution in [0.2, 0.25) is 0 Å². The van der Waals surface area contributed by atoms with E-state index in [9.17, 15) is 4.79 Å². The zero-order valence-corrected chi connectivity index (χ0v) is 16.2. The highest BCUT2D eigenvalue weighted by molar-refractivity contribution is 6.43. The Balaban J connectivity index is 3.17. The monoisotopic (exact) mass is 393 g/mol. The molecule has 0 spiro atoms. The quantitative estimate of drug-likeness (QED) is 0.254. The molecule has 0 aliphatic heterocycles. The summed E-state index contributed by atoms with van der Waals surface area (Å²) >= 11 is 11.9. The van der Waals surface area contributed by atoms with Crippen molar-refractivity contribution in [3.05, 3.63) is 58.9 Å². The number of carbonyl (C=O) groups is 1. The van der Waals surface area contributed by atoms with Gasteiger partial charge in [0.25, 0.3) is 5.91 Å². The average molecular weight is 394 g/mol. The molecule has 8 heteroatoms. The molecule has 0 heterocycles. The zero-order valence-electron chi connectivity index (χ0n) is 14.7. The minimum absolute atomic E-state index is 0.0607. The summed E-state index contributed by atoms with van der Waals surface area (Å²) < 4.78 is 0. The van der Waals surface area contributed by atoms with Crippen molar-refractivity contribution in [2.75, 3.05) is 6.54 Å². The third-order valence-electron chi connectivity index (χ3n) is 3.14. The maximum atomic E-state index is 12.6. The van der Waals surface area contributed by atoms with Gasteiger partial charge in [0.1, 0.15) is 16.8 Å². The number of halogens is 2. The van der Waals surface area contributed by atoms with Gasteiger partial charge in [0, 0.05) is 24.2 Å². The molecule has 0 atom stereocenters. The molecule has 1 amide bonds. The number of amides is 1. The lowest BCUT2D eigenvalue weighted by atomic mass is 10.1. The second-order valence-electron chi connectivity index (χ2n) is 5.78. The maximum Gasteiger partial charge on any atom is 0.269 e. The Morgan fingerprint density at radius 3 is 2.54 bits per heavy atom. The Morgan fingerprint density at radius 1 is 1.46 bits per heavy atom. The van der Waals surface area contributed by atoms with E-state index in [1.807, 2.05) is 19.9 Å². The van der Waals surface area contributed by atoms with E-state index in [1.165, 1.54) is 5.01 Å². The molecule has 0 unspecified atom stereocenters. The Kier molecular flexibility index (Phi) is 8.70. The highest BCUT2D eigenvalue weighted by atomic mass is 35.5. The van der Waals surface area contributed by atoms with Crippen molar-refractivity contribution in [3.8, 4) is 6.07 Å². The van der Waals surface area contributed by atoms with E-state index < -0.39 is 0 Å². The lowest BCUT2D eigenvalue weighted by Crippen LogP contribution is -2.48. The van der Waals surface area contributed by atoms with Crippen LogP contribution in [0.3, 0.4) is 0 Å². The summed E-state index contributed by atoms with van der Waals surface area (Å²) in [7, 11) is 0. The van der Waals surface area contributed by atoms with E-state index in [2.05, 4.69) is 17.0 Å². The number of hydrogen-bond acceptors (Lipinski definition) is 4. The normalized spacial score (nSPS) is 11.8. The number of hydrogen-bond donors (Lipinski definition) is 2. The molecule has 0 fully saturated rings. The van der Waals surface area contributed by atoms with E-state index in [4.69, 9.17) is 34.2 Å². The Bertz CT molecular complexity index is 748. The van der Waals surface area contributed by atoms with Crippen molar-refractivity contribution in [1.82, 2.24) is 10.4 Å². The fourth-order valence-electron chi connectivity index (χ4n) is 1.95. The number of carbonyl (C=O) groups excluding carboxylic acids is 1. The Hall–Kier alpha value is -2.49. The lowest BCUT2D eigenvalue weighted by Gasteiger charge is -2.28. The largest absolute Gasteiger partial charge is 0.403 e. The summed E-state index contributed by atoms with van der Waals surface area (Å²) in [6.45, 7) is 7.84. The molecular formula is C18H21Cl2N5O. The van der Waals surface area contributed by atoms with E-state index in [0.717, 1.165) is 11.8 Å². The number of amidine groups is 1. The highest BCUT2D eigenvalue weighted by Gasteiger charge is 2.20. The molecule has 138 valence electrons. The third-order valence-corrected chi connectivity index (χ3v) is 3.74. The van der Waals surface area contributed by atoms with Crippen molar-refractivity contribution in [3.63, 3.8) is 0 Å². The van der Waals surface area contributed by atoms with Gasteiger partial charge in [0.2, 0.25) is 0 Å². The number of benzene rings is 1. The number of hydrazine groups is 1. The topological polar surface area (TPSA) is 94.5 Å². The summed E-state index contributed by atoms with van der Waals surface area (Å²) in [5.74, 6) is 0.311. The van der Waals surface area contributed by atoms with Gasteiger partial charge in [-0.15, -0.1) is 11.6 Å². The predicted molar refractivity (Wildman–Crippen MR) is 105 cm³/mol. The van der Waals surface area contributed by atoms with Gasteiger partial charge in [-0.05, 0) is 23.6 Å². The number of alkyl halides is 1. The number of nitrogens with two attached hydrogens (primary N) is 1. The number of nitrogens with zero attached hydrogens (tertiary/aromatic N) is 3. The van der Waals surface area contributed by atoms with Crippen LogP contribution in [0, 0.1) is 17.2 Å². The van der Waals surface area contributed by atoms with Gasteiger partial charge in [0.05, 0.1) is 0 Å². The van der Waals surface area contributed by atoms with Gasteiger partial charge < -0.3 is 5.73 Å². The van der Waals surface area contributed by atoms with Gasteiger partial charge in [-0.1, -0.05) is 44.2 Å². The first-order chi connectivity index (χ1) is 12.3. The van der Waals surface area contributed by atoms with E-state index >= 15 is 0 Å². The minimum atomic E-state index is -0.358. The molecule has 0 saturated carbocycles. The summed E-state index contributed by atoms with van der Waals surface area (Å²) in [6.07, 6.45) is 1.14. The second kappa shape index (κ2) is 10.5. The Labute approximate surface area is 163 Å². The zero-order chi connectivity index (χ0) is 19.7. The first kappa shape index (κ1) is 21.6. The number of allylic oxidation sites excluding steroid dienone is 1. The van der Waals surface area contributed by atoms with E-state index in [1.54, 1.807) is 24.3 Å². The van der Waals surface area contributed by atoms with Crippen LogP contribution in [-0.2, 0) is 5.88 Å². The van der Waals surface area contributed by atoms with Gasteiger partial charge in [-0.25, -0.2) is 4.99 Å². The minimum Gasteiger partial charge on any atom is -0.403 e. The molecule has 0 bridgehead atoms. The molecule has 0 aromatic heterocycles. The molecule has 26 heavy (non-hydrogen) atoms. The second-order valence-corrected chi connectivity index (χ2v) is 6.46. The summed E-state index contributed by atoms with van der Waals surface area (Å²) in [5, 5.41) is 10.5.